The largest absolute Gasteiger partial charge is 0.384 e. The van der Waals surface area contributed by atoms with Crippen molar-refractivity contribution in [1.82, 2.24) is 14.9 Å². The van der Waals surface area contributed by atoms with E-state index in [0.717, 1.165) is 45.0 Å². The highest BCUT2D eigenvalue weighted by atomic mass is 16.2. The predicted molar refractivity (Wildman–Crippen MR) is 109 cm³/mol. The van der Waals surface area contributed by atoms with Gasteiger partial charge in [0.1, 0.15) is 0 Å². The molecule has 144 valence electrons. The van der Waals surface area contributed by atoms with Crippen molar-refractivity contribution in [3.8, 4) is 0 Å². The van der Waals surface area contributed by atoms with Gasteiger partial charge in [-0.25, -0.2) is 9.97 Å². The number of aromatic nitrogens is 2. The number of anilines is 2. The molecule has 6 heteroatoms. The summed E-state index contributed by atoms with van der Waals surface area (Å²) in [6, 6.07) is 8.25. The summed E-state index contributed by atoms with van der Waals surface area (Å²) in [6.45, 7) is 8.02. The van der Waals surface area contributed by atoms with Gasteiger partial charge in [0.25, 0.3) is 0 Å². The van der Waals surface area contributed by atoms with E-state index in [0.29, 0.717) is 13.0 Å². The highest BCUT2D eigenvalue weighted by Crippen LogP contribution is 2.22. The number of aryl methyl sites for hydroxylation is 2. The molecule has 0 aliphatic carbocycles. The van der Waals surface area contributed by atoms with Gasteiger partial charge in [0.2, 0.25) is 11.9 Å². The SMILES string of the molecule is CCc1cccc(CC)c1NCCC(=O)N1CCN(c2ncccn2)CC1. The molecule has 0 unspecified atom stereocenters. The minimum atomic E-state index is 0.211. The maximum atomic E-state index is 12.6. The Morgan fingerprint density at radius 2 is 1.63 bits per heavy atom. The second-order valence-electron chi connectivity index (χ2n) is 6.75. The van der Waals surface area contributed by atoms with Crippen molar-refractivity contribution in [3.05, 3.63) is 47.8 Å². The van der Waals surface area contributed by atoms with Crippen LogP contribution >= 0.6 is 0 Å². The van der Waals surface area contributed by atoms with Crippen molar-refractivity contribution in [1.29, 1.82) is 0 Å². The molecule has 0 bridgehead atoms. The minimum Gasteiger partial charge on any atom is -0.384 e. The summed E-state index contributed by atoms with van der Waals surface area (Å²) in [6.07, 6.45) is 6.01. The number of benzene rings is 1. The number of hydrogen-bond acceptors (Lipinski definition) is 5. The Morgan fingerprint density at radius 3 is 2.22 bits per heavy atom. The topological polar surface area (TPSA) is 61.4 Å². The van der Waals surface area contributed by atoms with Gasteiger partial charge in [-0.2, -0.15) is 0 Å². The molecule has 27 heavy (non-hydrogen) atoms. The van der Waals surface area contributed by atoms with Crippen molar-refractivity contribution < 1.29 is 4.79 Å². The van der Waals surface area contributed by atoms with Gasteiger partial charge >= 0.3 is 0 Å². The van der Waals surface area contributed by atoms with Gasteiger partial charge in [-0.3, -0.25) is 4.79 Å². The summed E-state index contributed by atoms with van der Waals surface area (Å²) in [7, 11) is 0. The number of hydrogen-bond donors (Lipinski definition) is 1. The van der Waals surface area contributed by atoms with Gasteiger partial charge in [-0.1, -0.05) is 32.0 Å². The molecule has 0 saturated carbocycles. The molecule has 2 aromatic rings. The smallest absolute Gasteiger partial charge is 0.225 e. The normalized spacial score (nSPS) is 14.3. The first-order valence-corrected chi connectivity index (χ1v) is 9.87. The van der Waals surface area contributed by atoms with Crippen molar-refractivity contribution >= 4 is 17.5 Å². The molecule has 1 aromatic heterocycles. The van der Waals surface area contributed by atoms with E-state index in [1.165, 1.54) is 16.8 Å². The fourth-order valence-corrected chi connectivity index (χ4v) is 3.53. The van der Waals surface area contributed by atoms with E-state index in [-0.39, 0.29) is 5.91 Å². The lowest BCUT2D eigenvalue weighted by Gasteiger charge is -2.34. The number of nitrogens with one attached hydrogen (secondary N) is 1. The average Bonchev–Trinajstić information content (AvgIpc) is 2.74. The average molecular weight is 367 g/mol. The Bertz CT molecular complexity index is 719. The van der Waals surface area contributed by atoms with E-state index in [9.17, 15) is 4.79 Å². The van der Waals surface area contributed by atoms with E-state index in [1.807, 2.05) is 11.0 Å². The molecule has 0 spiro atoms. The molecule has 1 fully saturated rings. The number of nitrogens with zero attached hydrogens (tertiary/aromatic N) is 4. The first kappa shape index (κ1) is 19.1. The van der Waals surface area contributed by atoms with Gasteiger partial charge in [0, 0.05) is 57.2 Å². The third kappa shape index (κ3) is 4.76. The molecular formula is C21H29N5O. The molecule has 1 amide bonds. The molecule has 1 saturated heterocycles. The van der Waals surface area contributed by atoms with Crippen LogP contribution in [0.4, 0.5) is 11.6 Å². The molecular weight excluding hydrogens is 338 g/mol. The Labute approximate surface area is 161 Å². The van der Waals surface area contributed by atoms with Crippen molar-refractivity contribution in [2.24, 2.45) is 0 Å². The molecule has 6 nitrogen and oxygen atoms in total. The zero-order chi connectivity index (χ0) is 19.1. The van der Waals surface area contributed by atoms with Crippen LogP contribution in [0.25, 0.3) is 0 Å². The van der Waals surface area contributed by atoms with Crippen LogP contribution in [-0.4, -0.2) is 53.5 Å². The van der Waals surface area contributed by atoms with Crippen LogP contribution in [-0.2, 0) is 17.6 Å². The number of amides is 1. The molecule has 2 heterocycles. The summed E-state index contributed by atoms with van der Waals surface area (Å²) in [4.78, 5) is 25.2. The fraction of sp³-hybridized carbons (Fsp3) is 0.476. The molecule has 3 rings (SSSR count). The van der Waals surface area contributed by atoms with E-state index in [4.69, 9.17) is 0 Å². The molecule has 1 N–H and O–H groups in total. The quantitative estimate of drug-likeness (QED) is 0.815. The fourth-order valence-electron chi connectivity index (χ4n) is 3.53. The number of piperazine rings is 1. The highest BCUT2D eigenvalue weighted by molar-refractivity contribution is 5.77. The van der Waals surface area contributed by atoms with Crippen LogP contribution in [0.3, 0.4) is 0 Å². The zero-order valence-corrected chi connectivity index (χ0v) is 16.3. The Morgan fingerprint density at radius 1 is 1.00 bits per heavy atom. The maximum Gasteiger partial charge on any atom is 0.225 e. The monoisotopic (exact) mass is 367 g/mol. The second kappa shape index (κ2) is 9.35. The van der Waals surface area contributed by atoms with Crippen LogP contribution in [0, 0.1) is 0 Å². The Kier molecular flexibility index (Phi) is 6.63. The number of rotatable bonds is 7. The van der Waals surface area contributed by atoms with Crippen molar-refractivity contribution in [3.63, 3.8) is 0 Å². The molecule has 1 aliphatic rings. The van der Waals surface area contributed by atoms with Crippen LogP contribution in [0.1, 0.15) is 31.4 Å². The van der Waals surface area contributed by atoms with E-state index < -0.39 is 0 Å². The zero-order valence-electron chi connectivity index (χ0n) is 16.3. The second-order valence-corrected chi connectivity index (χ2v) is 6.75. The van der Waals surface area contributed by atoms with Crippen LogP contribution in [0.15, 0.2) is 36.7 Å². The Hall–Kier alpha value is -2.63. The number of para-hydroxylation sites is 1. The van der Waals surface area contributed by atoms with Gasteiger partial charge in [-0.05, 0) is 30.0 Å². The summed E-state index contributed by atoms with van der Waals surface area (Å²) in [5.41, 5.74) is 3.85. The maximum absolute atomic E-state index is 12.6. The van der Waals surface area contributed by atoms with Crippen LogP contribution < -0.4 is 10.2 Å². The van der Waals surface area contributed by atoms with Gasteiger partial charge in [0.05, 0.1) is 0 Å². The van der Waals surface area contributed by atoms with Crippen molar-refractivity contribution in [2.75, 3.05) is 42.9 Å². The molecule has 1 aromatic carbocycles. The number of carbonyl (C=O) groups is 1. The number of carbonyl (C=O) groups excluding carboxylic acids is 1. The molecule has 0 radical (unpaired) electrons. The summed E-state index contributed by atoms with van der Waals surface area (Å²) < 4.78 is 0. The molecule has 0 atom stereocenters. The van der Waals surface area contributed by atoms with E-state index >= 15 is 0 Å². The van der Waals surface area contributed by atoms with E-state index in [1.54, 1.807) is 12.4 Å². The van der Waals surface area contributed by atoms with Gasteiger partial charge in [0.15, 0.2) is 0 Å². The first-order chi connectivity index (χ1) is 13.2. The lowest BCUT2D eigenvalue weighted by atomic mass is 10.0. The third-order valence-corrected chi connectivity index (χ3v) is 5.11. The summed E-state index contributed by atoms with van der Waals surface area (Å²) in [5.74, 6) is 0.956. The molecule has 1 aliphatic heterocycles. The van der Waals surface area contributed by atoms with Gasteiger partial charge in [-0.15, -0.1) is 0 Å². The predicted octanol–water partition coefficient (Wildman–Crippen LogP) is 2.75. The van der Waals surface area contributed by atoms with Crippen LogP contribution in [0.5, 0.6) is 0 Å². The Balaban J connectivity index is 1.48. The van der Waals surface area contributed by atoms with Gasteiger partial charge < -0.3 is 15.1 Å². The lowest BCUT2D eigenvalue weighted by Crippen LogP contribution is -2.49. The standard InChI is InChI=1S/C21H29N5O/c1-3-17-7-5-8-18(4-2)20(17)22-12-9-19(27)25-13-15-26(16-14-25)21-23-10-6-11-24-21/h5-8,10-11,22H,3-4,9,12-16H2,1-2H3. The van der Waals surface area contributed by atoms with Crippen molar-refractivity contribution in [2.45, 2.75) is 33.1 Å². The first-order valence-electron chi connectivity index (χ1n) is 9.87. The third-order valence-electron chi connectivity index (χ3n) is 5.11. The minimum absolute atomic E-state index is 0.211. The highest BCUT2D eigenvalue weighted by Gasteiger charge is 2.22. The summed E-state index contributed by atoms with van der Waals surface area (Å²) >= 11 is 0. The lowest BCUT2D eigenvalue weighted by molar-refractivity contribution is -0.131. The van der Waals surface area contributed by atoms with E-state index in [2.05, 4.69) is 52.2 Å². The van der Waals surface area contributed by atoms with Crippen LogP contribution in [0.2, 0.25) is 0 Å². The summed E-state index contributed by atoms with van der Waals surface area (Å²) in [5, 5.41) is 3.51.